The summed E-state index contributed by atoms with van der Waals surface area (Å²) in [5.41, 5.74) is 1.01. The van der Waals surface area contributed by atoms with Crippen LogP contribution in [0.3, 0.4) is 0 Å². The van der Waals surface area contributed by atoms with Crippen LogP contribution in [0.25, 0.3) is 17.2 Å². The highest BCUT2D eigenvalue weighted by atomic mass is 19.4. The Hall–Kier alpha value is -3.49. The molecule has 1 heterocycles. The fourth-order valence-corrected chi connectivity index (χ4v) is 3.97. The van der Waals surface area contributed by atoms with Crippen LogP contribution in [0.1, 0.15) is 52.7 Å². The summed E-state index contributed by atoms with van der Waals surface area (Å²) in [6.45, 7) is 11.2. The summed E-state index contributed by atoms with van der Waals surface area (Å²) in [6.07, 6.45) is -1.75. The number of amides is 1. The summed E-state index contributed by atoms with van der Waals surface area (Å²) < 4.78 is 55.3. The van der Waals surface area contributed by atoms with Gasteiger partial charge in [-0.3, -0.25) is 4.79 Å². The van der Waals surface area contributed by atoms with Crippen LogP contribution in [0.15, 0.2) is 36.4 Å². The van der Waals surface area contributed by atoms with Crippen molar-refractivity contribution in [1.82, 2.24) is 0 Å². The van der Waals surface area contributed by atoms with Gasteiger partial charge in [0.2, 0.25) is 0 Å². The van der Waals surface area contributed by atoms with Crippen LogP contribution in [-0.4, -0.2) is 42.4 Å². The van der Waals surface area contributed by atoms with E-state index in [9.17, 15) is 22.8 Å². The molecule has 0 aliphatic carbocycles. The van der Waals surface area contributed by atoms with Crippen LogP contribution < -0.4 is 14.4 Å². The van der Waals surface area contributed by atoms with Gasteiger partial charge >= 0.3 is 12.1 Å². The average Bonchev–Trinajstić information content (AvgIpc) is 2.75. The first-order valence-electron chi connectivity index (χ1n) is 11.9. The number of nitrogens with zero attached hydrogens (tertiary/aromatic N) is 1. The minimum absolute atomic E-state index is 0.0150. The lowest BCUT2D eigenvalue weighted by molar-refractivity contribution is -0.153. The van der Waals surface area contributed by atoms with Crippen LogP contribution in [-0.2, 0) is 14.3 Å². The molecule has 0 spiro atoms. The molecule has 200 valence electrons. The molecule has 0 atom stereocenters. The van der Waals surface area contributed by atoms with E-state index >= 15 is 0 Å². The summed E-state index contributed by atoms with van der Waals surface area (Å²) in [5, 5.41) is 0. The number of alkyl halides is 3. The highest BCUT2D eigenvalue weighted by Gasteiger charge is 2.40. The lowest BCUT2D eigenvalue weighted by atomic mass is 9.94. The van der Waals surface area contributed by atoms with Gasteiger partial charge in [-0.05, 0) is 95.5 Å². The van der Waals surface area contributed by atoms with E-state index in [-0.39, 0.29) is 11.7 Å². The van der Waals surface area contributed by atoms with Gasteiger partial charge in [-0.15, -0.1) is 0 Å². The first-order valence-corrected chi connectivity index (χ1v) is 11.9. The molecule has 0 saturated carbocycles. The number of carbonyl (C=O) groups excluding carboxylic acids is 2. The molecule has 3 rings (SSSR count). The molecule has 9 heteroatoms. The van der Waals surface area contributed by atoms with Crippen LogP contribution >= 0.6 is 0 Å². The van der Waals surface area contributed by atoms with Crippen molar-refractivity contribution in [3.05, 3.63) is 47.5 Å². The molecule has 0 N–H and O–H groups in total. The number of benzene rings is 2. The van der Waals surface area contributed by atoms with Gasteiger partial charge in [0.25, 0.3) is 5.91 Å². The van der Waals surface area contributed by atoms with Crippen LogP contribution in [0.4, 0.5) is 18.9 Å². The quantitative estimate of drug-likeness (QED) is 0.323. The van der Waals surface area contributed by atoms with Crippen molar-refractivity contribution >= 4 is 23.6 Å². The van der Waals surface area contributed by atoms with Crippen LogP contribution in [0, 0.1) is 6.92 Å². The molecule has 0 aromatic heterocycles. The van der Waals surface area contributed by atoms with Gasteiger partial charge in [0, 0.05) is 18.2 Å². The number of aryl methyl sites for hydroxylation is 1. The van der Waals surface area contributed by atoms with Crippen molar-refractivity contribution in [3.8, 4) is 22.6 Å². The van der Waals surface area contributed by atoms with Gasteiger partial charge in [-0.25, -0.2) is 4.79 Å². The third-order valence-electron chi connectivity index (χ3n) is 5.54. The Bertz CT molecular complexity index is 1230. The number of carbonyl (C=O) groups is 2. The zero-order chi connectivity index (χ0) is 27.8. The number of fused-ring (bicyclic) bond motifs is 1. The van der Waals surface area contributed by atoms with Gasteiger partial charge in [0.15, 0.2) is 12.2 Å². The summed E-state index contributed by atoms with van der Waals surface area (Å²) in [6, 6.07) is 8.10. The van der Waals surface area contributed by atoms with Gasteiger partial charge in [-0.1, -0.05) is 6.07 Å². The highest BCUT2D eigenvalue weighted by molar-refractivity contribution is 6.03. The molecule has 0 radical (unpaired) electrons. The molecule has 2 aromatic carbocycles. The molecule has 0 unspecified atom stereocenters. The maximum absolute atomic E-state index is 13.0. The maximum Gasteiger partial charge on any atom is 0.422 e. The molecular weight excluding hydrogens is 487 g/mol. The van der Waals surface area contributed by atoms with E-state index in [1.54, 1.807) is 70.7 Å². The Morgan fingerprint density at radius 1 is 1.11 bits per heavy atom. The number of likely N-dealkylation sites (N-methyl/N-ethyl adjacent to an activating group) is 1. The minimum Gasteiger partial charge on any atom is -0.483 e. The maximum atomic E-state index is 13.0. The zero-order valence-electron chi connectivity index (χ0n) is 22.1. The van der Waals surface area contributed by atoms with Crippen LogP contribution in [0.2, 0.25) is 0 Å². The summed E-state index contributed by atoms with van der Waals surface area (Å²) in [7, 11) is 0. The first kappa shape index (κ1) is 28.1. The second kappa shape index (κ2) is 10.1. The molecule has 6 nitrogen and oxygen atoms in total. The van der Waals surface area contributed by atoms with E-state index in [4.69, 9.17) is 14.2 Å². The number of hydrogen-bond donors (Lipinski definition) is 0. The SMILES string of the molecule is CCN1C(=O)C(C)(C)Oc2cc(C)c(-c3cc(C=CC(=O)OC(C)(C)C)ccc3OCC(F)(F)F)cc21. The Kier molecular flexibility index (Phi) is 7.67. The van der Waals surface area contributed by atoms with Gasteiger partial charge < -0.3 is 19.1 Å². The summed E-state index contributed by atoms with van der Waals surface area (Å²) >= 11 is 0. The van der Waals surface area contributed by atoms with Crippen molar-refractivity contribution < 1.29 is 37.0 Å². The van der Waals surface area contributed by atoms with Crippen molar-refractivity contribution in [2.45, 2.75) is 65.8 Å². The van der Waals surface area contributed by atoms with Gasteiger partial charge in [0.05, 0.1) is 5.69 Å². The number of halogens is 3. The number of rotatable bonds is 6. The van der Waals surface area contributed by atoms with Gasteiger partial charge in [0.1, 0.15) is 17.1 Å². The monoisotopic (exact) mass is 519 g/mol. The Labute approximate surface area is 215 Å². The predicted octanol–water partition coefficient (Wildman–Crippen LogP) is 6.48. The minimum atomic E-state index is -4.53. The van der Waals surface area contributed by atoms with E-state index in [0.29, 0.717) is 40.2 Å². The van der Waals surface area contributed by atoms with E-state index in [1.807, 2.05) is 6.92 Å². The van der Waals surface area contributed by atoms with Crippen LogP contribution in [0.5, 0.6) is 11.5 Å². The molecule has 1 aliphatic rings. The average molecular weight is 520 g/mol. The smallest absolute Gasteiger partial charge is 0.422 e. The predicted molar refractivity (Wildman–Crippen MR) is 136 cm³/mol. The third kappa shape index (κ3) is 6.84. The number of hydrogen-bond acceptors (Lipinski definition) is 5. The molecule has 1 aliphatic heterocycles. The molecule has 37 heavy (non-hydrogen) atoms. The Morgan fingerprint density at radius 2 is 1.78 bits per heavy atom. The largest absolute Gasteiger partial charge is 0.483 e. The van der Waals surface area contributed by atoms with Crippen molar-refractivity contribution in [1.29, 1.82) is 0 Å². The van der Waals surface area contributed by atoms with E-state index in [1.165, 1.54) is 18.2 Å². The molecular formula is C28H32F3NO5. The number of ether oxygens (including phenoxy) is 3. The van der Waals surface area contributed by atoms with E-state index in [0.717, 1.165) is 0 Å². The number of esters is 1. The fraction of sp³-hybridized carbons (Fsp3) is 0.429. The second-order valence-electron chi connectivity index (χ2n) is 10.3. The molecule has 2 aromatic rings. The highest BCUT2D eigenvalue weighted by Crippen LogP contribution is 2.44. The van der Waals surface area contributed by atoms with Gasteiger partial charge in [-0.2, -0.15) is 13.2 Å². The Morgan fingerprint density at radius 3 is 2.38 bits per heavy atom. The summed E-state index contributed by atoms with van der Waals surface area (Å²) in [5.74, 6) is -0.249. The third-order valence-corrected chi connectivity index (χ3v) is 5.54. The van der Waals surface area contributed by atoms with E-state index in [2.05, 4.69) is 0 Å². The molecule has 0 saturated heterocycles. The van der Waals surface area contributed by atoms with Crippen molar-refractivity contribution in [3.63, 3.8) is 0 Å². The van der Waals surface area contributed by atoms with Crippen molar-refractivity contribution in [2.24, 2.45) is 0 Å². The lowest BCUT2D eigenvalue weighted by Crippen LogP contribution is -2.52. The topological polar surface area (TPSA) is 65.1 Å². The fourth-order valence-electron chi connectivity index (χ4n) is 3.97. The summed E-state index contributed by atoms with van der Waals surface area (Å²) in [4.78, 5) is 26.7. The first-order chi connectivity index (χ1) is 17.0. The standard InChI is InChI=1S/C28H32F3NO5/c1-8-32-21-15-19(17(2)13-23(21)36-27(6,7)25(32)34)20-14-18(10-12-24(33)37-26(3,4)5)9-11-22(20)35-16-28(29,30)31/h9-15H,8,16H2,1-7H3. The second-order valence-corrected chi connectivity index (χ2v) is 10.3. The molecule has 1 amide bonds. The Balaban J connectivity index is 2.11. The van der Waals surface area contributed by atoms with Crippen molar-refractivity contribution in [2.75, 3.05) is 18.1 Å². The molecule has 0 fully saturated rings. The number of anilines is 1. The van der Waals surface area contributed by atoms with E-state index < -0.39 is 30.0 Å². The zero-order valence-corrected chi connectivity index (χ0v) is 22.1. The molecule has 0 bridgehead atoms. The lowest BCUT2D eigenvalue weighted by Gasteiger charge is -2.39. The normalized spacial score (nSPS) is 15.4.